The third-order valence-electron chi connectivity index (χ3n) is 3.71. The van der Waals surface area contributed by atoms with Gasteiger partial charge in [-0.2, -0.15) is 0 Å². The molecule has 0 aliphatic heterocycles. The molecule has 0 saturated carbocycles. The summed E-state index contributed by atoms with van der Waals surface area (Å²) in [5.41, 5.74) is 2.22. The number of hydrogen-bond acceptors (Lipinski definition) is 4. The highest BCUT2D eigenvalue weighted by atomic mass is 127. The maximum atomic E-state index is 12.6. The monoisotopic (exact) mass is 474 g/mol. The smallest absolute Gasteiger partial charge is 0.255 e. The van der Waals surface area contributed by atoms with Crippen molar-refractivity contribution in [2.45, 2.75) is 13.5 Å². The molecule has 3 rings (SSSR count). The highest BCUT2D eigenvalue weighted by Gasteiger charge is 2.12. The van der Waals surface area contributed by atoms with Crippen molar-refractivity contribution in [3.63, 3.8) is 0 Å². The number of benzene rings is 2. The van der Waals surface area contributed by atoms with E-state index in [4.69, 9.17) is 9.47 Å². The number of anilines is 1. The topological polar surface area (TPSA) is 60.5 Å². The van der Waals surface area contributed by atoms with Gasteiger partial charge in [0.2, 0.25) is 0 Å². The Kier molecular flexibility index (Phi) is 6.64. The minimum absolute atomic E-state index is 0.197. The number of nitrogens with zero attached hydrogens (tertiary/aromatic N) is 1. The van der Waals surface area contributed by atoms with Crippen LogP contribution < -0.4 is 14.8 Å². The van der Waals surface area contributed by atoms with Crippen molar-refractivity contribution in [1.29, 1.82) is 0 Å². The van der Waals surface area contributed by atoms with Crippen LogP contribution in [0.15, 0.2) is 67.0 Å². The Morgan fingerprint density at radius 3 is 2.70 bits per heavy atom. The predicted octanol–water partition coefficient (Wildman–Crippen LogP) is 4.92. The van der Waals surface area contributed by atoms with E-state index in [2.05, 4.69) is 32.9 Å². The van der Waals surface area contributed by atoms with E-state index in [-0.39, 0.29) is 5.91 Å². The second-order valence-corrected chi connectivity index (χ2v) is 6.95. The number of rotatable bonds is 7. The van der Waals surface area contributed by atoms with Crippen LogP contribution in [0, 0.1) is 3.57 Å². The van der Waals surface area contributed by atoms with E-state index in [0.717, 1.165) is 14.8 Å². The maximum Gasteiger partial charge on any atom is 0.255 e. The van der Waals surface area contributed by atoms with E-state index in [0.29, 0.717) is 30.3 Å². The number of halogens is 1. The standard InChI is InChI=1S/C21H19IN2O3/c1-2-26-20-11-16(21(25)24-18-7-3-6-17(22)12-18)8-9-19(20)27-14-15-5-4-10-23-13-15/h3-13H,2,14H2,1H3,(H,24,25). The summed E-state index contributed by atoms with van der Waals surface area (Å²) in [6.45, 7) is 2.75. The summed E-state index contributed by atoms with van der Waals surface area (Å²) < 4.78 is 12.6. The lowest BCUT2D eigenvalue weighted by atomic mass is 10.1. The fraction of sp³-hybridized carbons (Fsp3) is 0.143. The Balaban J connectivity index is 1.75. The summed E-state index contributed by atoms with van der Waals surface area (Å²) in [4.78, 5) is 16.6. The van der Waals surface area contributed by atoms with Crippen molar-refractivity contribution in [3.8, 4) is 11.5 Å². The highest BCUT2D eigenvalue weighted by Crippen LogP contribution is 2.29. The Morgan fingerprint density at radius 2 is 1.96 bits per heavy atom. The highest BCUT2D eigenvalue weighted by molar-refractivity contribution is 14.1. The predicted molar refractivity (Wildman–Crippen MR) is 113 cm³/mol. The average molecular weight is 474 g/mol. The molecule has 0 saturated heterocycles. The van der Waals surface area contributed by atoms with Gasteiger partial charge in [-0.3, -0.25) is 9.78 Å². The molecule has 138 valence electrons. The summed E-state index contributed by atoms with van der Waals surface area (Å²) in [6.07, 6.45) is 3.47. The molecule has 0 bridgehead atoms. The first kappa shape index (κ1) is 19.2. The van der Waals surface area contributed by atoms with E-state index in [9.17, 15) is 4.79 Å². The molecule has 0 radical (unpaired) electrons. The second kappa shape index (κ2) is 9.36. The zero-order valence-electron chi connectivity index (χ0n) is 14.8. The number of carbonyl (C=O) groups excluding carboxylic acids is 1. The number of carbonyl (C=O) groups is 1. The number of amides is 1. The molecule has 0 fully saturated rings. The molecule has 27 heavy (non-hydrogen) atoms. The molecular formula is C21H19IN2O3. The van der Waals surface area contributed by atoms with E-state index >= 15 is 0 Å². The number of hydrogen-bond donors (Lipinski definition) is 1. The minimum atomic E-state index is -0.197. The van der Waals surface area contributed by atoms with Gasteiger partial charge in [-0.05, 0) is 72.0 Å². The van der Waals surface area contributed by atoms with Crippen LogP contribution in [0.4, 0.5) is 5.69 Å². The molecule has 6 heteroatoms. The summed E-state index contributed by atoms with van der Waals surface area (Å²) in [5, 5.41) is 2.90. The van der Waals surface area contributed by atoms with Gasteiger partial charge in [-0.15, -0.1) is 0 Å². The van der Waals surface area contributed by atoms with Crippen LogP contribution in [0.2, 0.25) is 0 Å². The van der Waals surface area contributed by atoms with Crippen molar-refractivity contribution < 1.29 is 14.3 Å². The quantitative estimate of drug-likeness (QED) is 0.495. The van der Waals surface area contributed by atoms with Gasteiger partial charge >= 0.3 is 0 Å². The maximum absolute atomic E-state index is 12.6. The molecule has 1 heterocycles. The van der Waals surface area contributed by atoms with E-state index in [1.165, 1.54) is 0 Å². The van der Waals surface area contributed by atoms with Gasteiger partial charge in [0.05, 0.1) is 6.61 Å². The normalized spacial score (nSPS) is 10.3. The molecule has 5 nitrogen and oxygen atoms in total. The number of ether oxygens (including phenoxy) is 2. The van der Waals surface area contributed by atoms with E-state index < -0.39 is 0 Å². The van der Waals surface area contributed by atoms with Crippen molar-refractivity contribution >= 4 is 34.2 Å². The fourth-order valence-electron chi connectivity index (χ4n) is 2.45. The Bertz CT molecular complexity index is 916. The first-order valence-corrected chi connectivity index (χ1v) is 9.59. The number of nitrogens with one attached hydrogen (secondary N) is 1. The first-order valence-electron chi connectivity index (χ1n) is 8.51. The van der Waals surface area contributed by atoms with Gasteiger partial charge in [0.25, 0.3) is 5.91 Å². The van der Waals surface area contributed by atoms with Crippen LogP contribution in [-0.4, -0.2) is 17.5 Å². The molecular weight excluding hydrogens is 455 g/mol. The molecule has 0 unspecified atom stereocenters. The van der Waals surface area contributed by atoms with Crippen molar-refractivity contribution in [1.82, 2.24) is 4.98 Å². The summed E-state index contributed by atoms with van der Waals surface area (Å²) in [7, 11) is 0. The van der Waals surface area contributed by atoms with Crippen LogP contribution in [0.3, 0.4) is 0 Å². The Morgan fingerprint density at radius 1 is 1.07 bits per heavy atom. The van der Waals surface area contributed by atoms with Crippen molar-refractivity contribution in [2.24, 2.45) is 0 Å². The van der Waals surface area contributed by atoms with Crippen LogP contribution in [-0.2, 0) is 6.61 Å². The van der Waals surface area contributed by atoms with Crippen molar-refractivity contribution in [2.75, 3.05) is 11.9 Å². The third kappa shape index (κ3) is 5.43. The third-order valence-corrected chi connectivity index (χ3v) is 4.38. The van der Waals surface area contributed by atoms with E-state index in [1.807, 2.05) is 43.3 Å². The zero-order chi connectivity index (χ0) is 19.1. The molecule has 0 aliphatic carbocycles. The van der Waals surface area contributed by atoms with Gasteiger partial charge < -0.3 is 14.8 Å². The first-order chi connectivity index (χ1) is 13.2. The molecule has 1 aromatic heterocycles. The Hall–Kier alpha value is -2.61. The minimum Gasteiger partial charge on any atom is -0.490 e. The molecule has 0 aliphatic rings. The van der Waals surface area contributed by atoms with Crippen LogP contribution in [0.25, 0.3) is 0 Å². The van der Waals surface area contributed by atoms with Crippen LogP contribution in [0.1, 0.15) is 22.8 Å². The summed E-state index contributed by atoms with van der Waals surface area (Å²) >= 11 is 2.21. The molecule has 0 spiro atoms. The average Bonchev–Trinajstić information content (AvgIpc) is 2.68. The van der Waals surface area contributed by atoms with Crippen molar-refractivity contribution in [3.05, 3.63) is 81.7 Å². The van der Waals surface area contributed by atoms with Gasteiger partial charge in [0.1, 0.15) is 6.61 Å². The number of pyridine rings is 1. The van der Waals surface area contributed by atoms with Gasteiger partial charge in [0, 0.05) is 32.8 Å². The van der Waals surface area contributed by atoms with Crippen LogP contribution >= 0.6 is 22.6 Å². The van der Waals surface area contributed by atoms with Gasteiger partial charge in [-0.1, -0.05) is 12.1 Å². The molecule has 1 amide bonds. The van der Waals surface area contributed by atoms with Gasteiger partial charge in [0.15, 0.2) is 11.5 Å². The number of aromatic nitrogens is 1. The molecule has 1 N–H and O–H groups in total. The summed E-state index contributed by atoms with van der Waals surface area (Å²) in [5.74, 6) is 0.931. The molecule has 0 atom stereocenters. The van der Waals surface area contributed by atoms with E-state index in [1.54, 1.807) is 30.6 Å². The fourth-order valence-corrected chi connectivity index (χ4v) is 2.99. The second-order valence-electron chi connectivity index (χ2n) is 5.71. The van der Waals surface area contributed by atoms with Crippen LogP contribution in [0.5, 0.6) is 11.5 Å². The lowest BCUT2D eigenvalue weighted by molar-refractivity contribution is 0.102. The Labute approximate surface area is 171 Å². The lowest BCUT2D eigenvalue weighted by Gasteiger charge is -2.13. The summed E-state index contributed by atoms with van der Waals surface area (Å²) in [6, 6.07) is 16.6. The van der Waals surface area contributed by atoms with Gasteiger partial charge in [-0.25, -0.2) is 0 Å². The zero-order valence-corrected chi connectivity index (χ0v) is 17.0. The molecule has 3 aromatic rings. The lowest BCUT2D eigenvalue weighted by Crippen LogP contribution is -2.12. The molecule has 2 aromatic carbocycles. The SMILES string of the molecule is CCOc1cc(C(=O)Nc2cccc(I)c2)ccc1OCc1cccnc1. The largest absolute Gasteiger partial charge is 0.490 e.